The number of ether oxygens (including phenoxy) is 4. The van der Waals surface area contributed by atoms with Crippen LogP contribution in [0.15, 0.2) is 12.1 Å². The van der Waals surface area contributed by atoms with Crippen LogP contribution in [0.5, 0.6) is 17.2 Å². The van der Waals surface area contributed by atoms with Gasteiger partial charge >= 0.3 is 5.97 Å². The second kappa shape index (κ2) is 10.5. The fourth-order valence-corrected chi connectivity index (χ4v) is 3.25. The zero-order valence-electron chi connectivity index (χ0n) is 17.1. The van der Waals surface area contributed by atoms with Crippen LogP contribution in [0.1, 0.15) is 24.8 Å². The summed E-state index contributed by atoms with van der Waals surface area (Å²) in [4.78, 5) is 37.0. The van der Waals surface area contributed by atoms with Crippen LogP contribution in [0.4, 0.5) is 0 Å². The average Bonchev–Trinajstić information content (AvgIpc) is 2.74. The molecule has 1 aromatic rings. The molecule has 9 heteroatoms. The Morgan fingerprint density at radius 3 is 2.10 bits per heavy atom. The number of amides is 2. The first-order valence-electron chi connectivity index (χ1n) is 9.41. The van der Waals surface area contributed by atoms with E-state index < -0.39 is 5.97 Å². The summed E-state index contributed by atoms with van der Waals surface area (Å²) in [5, 5.41) is 0. The molecule has 1 aliphatic heterocycles. The van der Waals surface area contributed by atoms with Crippen molar-refractivity contribution in [2.24, 2.45) is 11.7 Å². The fraction of sp³-hybridized carbons (Fsp3) is 0.550. The zero-order valence-corrected chi connectivity index (χ0v) is 17.1. The van der Waals surface area contributed by atoms with Crippen molar-refractivity contribution in [1.82, 2.24) is 4.90 Å². The van der Waals surface area contributed by atoms with Crippen molar-refractivity contribution < 1.29 is 33.3 Å². The van der Waals surface area contributed by atoms with E-state index in [0.717, 1.165) is 5.56 Å². The van der Waals surface area contributed by atoms with E-state index in [9.17, 15) is 14.4 Å². The number of primary amides is 1. The minimum atomic E-state index is -0.473. The van der Waals surface area contributed by atoms with Gasteiger partial charge < -0.3 is 29.6 Å². The molecule has 0 aromatic heterocycles. The van der Waals surface area contributed by atoms with Crippen molar-refractivity contribution in [1.29, 1.82) is 0 Å². The minimum absolute atomic E-state index is 0.107. The summed E-state index contributed by atoms with van der Waals surface area (Å²) in [6.07, 6.45) is 1.58. The molecule has 29 heavy (non-hydrogen) atoms. The lowest BCUT2D eigenvalue weighted by molar-refractivity contribution is -0.152. The van der Waals surface area contributed by atoms with Gasteiger partial charge in [-0.3, -0.25) is 14.4 Å². The molecule has 1 aromatic carbocycles. The Morgan fingerprint density at radius 2 is 1.62 bits per heavy atom. The van der Waals surface area contributed by atoms with Gasteiger partial charge in [0, 0.05) is 25.4 Å². The van der Waals surface area contributed by atoms with Gasteiger partial charge in [0.25, 0.3) is 5.91 Å². The first-order chi connectivity index (χ1) is 13.9. The minimum Gasteiger partial charge on any atom is -0.493 e. The third-order valence-electron chi connectivity index (χ3n) is 4.95. The summed E-state index contributed by atoms with van der Waals surface area (Å²) >= 11 is 0. The first-order valence-corrected chi connectivity index (χ1v) is 9.41. The van der Waals surface area contributed by atoms with Gasteiger partial charge in [-0.2, -0.15) is 0 Å². The number of rotatable bonds is 9. The van der Waals surface area contributed by atoms with E-state index in [4.69, 9.17) is 24.7 Å². The normalized spacial score (nSPS) is 14.2. The molecule has 0 unspecified atom stereocenters. The van der Waals surface area contributed by atoms with Gasteiger partial charge in [0.1, 0.15) is 0 Å². The van der Waals surface area contributed by atoms with E-state index >= 15 is 0 Å². The maximum absolute atomic E-state index is 12.2. The Balaban J connectivity index is 1.81. The fourth-order valence-electron chi connectivity index (χ4n) is 3.25. The molecule has 9 nitrogen and oxygen atoms in total. The maximum atomic E-state index is 12.2. The Hall–Kier alpha value is -2.97. The number of nitrogens with zero attached hydrogens (tertiary/aromatic N) is 1. The molecule has 160 valence electrons. The Morgan fingerprint density at radius 1 is 1.03 bits per heavy atom. The quantitative estimate of drug-likeness (QED) is 0.604. The highest BCUT2D eigenvalue weighted by molar-refractivity contribution is 5.81. The van der Waals surface area contributed by atoms with E-state index in [0.29, 0.717) is 49.6 Å². The van der Waals surface area contributed by atoms with Crippen molar-refractivity contribution in [2.75, 3.05) is 41.0 Å². The molecule has 0 spiro atoms. The van der Waals surface area contributed by atoms with Gasteiger partial charge in [0.2, 0.25) is 11.7 Å². The topological polar surface area (TPSA) is 117 Å². The largest absolute Gasteiger partial charge is 0.493 e. The number of piperidine rings is 1. The molecular weight excluding hydrogens is 380 g/mol. The van der Waals surface area contributed by atoms with Crippen molar-refractivity contribution in [3.05, 3.63) is 17.7 Å². The molecule has 0 bridgehead atoms. The second-order valence-electron chi connectivity index (χ2n) is 6.75. The van der Waals surface area contributed by atoms with Crippen LogP contribution < -0.4 is 19.9 Å². The summed E-state index contributed by atoms with van der Waals surface area (Å²) in [6.45, 7) is 0.570. The maximum Gasteiger partial charge on any atom is 0.306 e. The predicted octanol–water partition coefficient (Wildman–Crippen LogP) is 0.912. The number of hydrogen-bond acceptors (Lipinski definition) is 7. The Labute approximate surface area is 170 Å². The lowest BCUT2D eigenvalue weighted by Gasteiger charge is -2.30. The molecule has 1 saturated heterocycles. The molecule has 2 rings (SSSR count). The van der Waals surface area contributed by atoms with Crippen LogP contribution in [0.3, 0.4) is 0 Å². The summed E-state index contributed by atoms with van der Waals surface area (Å²) in [5.41, 5.74) is 6.10. The third kappa shape index (κ3) is 6.00. The van der Waals surface area contributed by atoms with Crippen LogP contribution >= 0.6 is 0 Å². The van der Waals surface area contributed by atoms with E-state index in [1.54, 1.807) is 17.0 Å². The molecule has 0 aliphatic carbocycles. The van der Waals surface area contributed by atoms with E-state index in [1.807, 2.05) is 0 Å². The molecule has 1 fully saturated rings. The predicted molar refractivity (Wildman–Crippen MR) is 104 cm³/mol. The van der Waals surface area contributed by atoms with Crippen molar-refractivity contribution in [3.63, 3.8) is 0 Å². The average molecular weight is 408 g/mol. The summed E-state index contributed by atoms with van der Waals surface area (Å²) < 4.78 is 21.0. The summed E-state index contributed by atoms with van der Waals surface area (Å²) in [5.74, 6) is 0.213. The monoisotopic (exact) mass is 408 g/mol. The molecule has 1 heterocycles. The Bertz CT molecular complexity index is 717. The number of aryl methyl sites for hydroxylation is 1. The van der Waals surface area contributed by atoms with Crippen LogP contribution in [-0.4, -0.2) is 63.7 Å². The van der Waals surface area contributed by atoms with Gasteiger partial charge in [-0.05, 0) is 37.0 Å². The first kappa shape index (κ1) is 22.3. The molecule has 0 radical (unpaired) electrons. The number of carbonyl (C=O) groups excluding carboxylic acids is 3. The number of nitrogens with two attached hydrogens (primary N) is 1. The van der Waals surface area contributed by atoms with Gasteiger partial charge in [-0.25, -0.2) is 0 Å². The third-order valence-corrected chi connectivity index (χ3v) is 4.95. The number of benzene rings is 1. The summed E-state index contributed by atoms with van der Waals surface area (Å²) in [7, 11) is 4.56. The van der Waals surface area contributed by atoms with Gasteiger partial charge in [-0.1, -0.05) is 0 Å². The smallest absolute Gasteiger partial charge is 0.306 e. The zero-order chi connectivity index (χ0) is 21.4. The molecule has 2 amide bonds. The molecular formula is C20H28N2O7. The van der Waals surface area contributed by atoms with Crippen LogP contribution in [-0.2, 0) is 25.5 Å². The highest BCUT2D eigenvalue weighted by Gasteiger charge is 2.26. The van der Waals surface area contributed by atoms with E-state index in [2.05, 4.69) is 0 Å². The number of methoxy groups -OCH3 is 3. The highest BCUT2D eigenvalue weighted by Crippen LogP contribution is 2.38. The van der Waals surface area contributed by atoms with Crippen LogP contribution in [0.25, 0.3) is 0 Å². The Kier molecular flexibility index (Phi) is 8.11. The number of esters is 1. The standard InChI is InChI=1S/C20H28N2O7/c1-26-15-10-13(11-16(27-2)19(15)28-3)4-5-18(24)29-12-17(23)22-8-6-14(7-9-22)20(21)25/h10-11,14H,4-9,12H2,1-3H3,(H2,21,25). The molecule has 0 saturated carbocycles. The van der Waals surface area contributed by atoms with Gasteiger partial charge in [0.05, 0.1) is 21.3 Å². The van der Waals surface area contributed by atoms with Crippen molar-refractivity contribution in [2.45, 2.75) is 25.7 Å². The highest BCUT2D eigenvalue weighted by atomic mass is 16.5. The SMILES string of the molecule is COc1cc(CCC(=O)OCC(=O)N2CCC(C(N)=O)CC2)cc(OC)c1OC. The van der Waals surface area contributed by atoms with Crippen molar-refractivity contribution >= 4 is 17.8 Å². The number of hydrogen-bond donors (Lipinski definition) is 1. The molecule has 0 atom stereocenters. The van der Waals surface area contributed by atoms with E-state index in [-0.39, 0.29) is 30.8 Å². The van der Waals surface area contributed by atoms with Crippen LogP contribution in [0.2, 0.25) is 0 Å². The lowest BCUT2D eigenvalue weighted by atomic mass is 9.96. The van der Waals surface area contributed by atoms with Gasteiger partial charge in [-0.15, -0.1) is 0 Å². The lowest BCUT2D eigenvalue weighted by Crippen LogP contribution is -2.43. The summed E-state index contributed by atoms with van der Waals surface area (Å²) in [6, 6.07) is 3.53. The number of likely N-dealkylation sites (tertiary alicyclic amines) is 1. The number of carbonyl (C=O) groups is 3. The van der Waals surface area contributed by atoms with Crippen molar-refractivity contribution in [3.8, 4) is 17.2 Å². The second-order valence-corrected chi connectivity index (χ2v) is 6.75. The molecule has 1 aliphatic rings. The van der Waals surface area contributed by atoms with E-state index in [1.165, 1.54) is 21.3 Å². The molecule has 2 N–H and O–H groups in total. The van der Waals surface area contributed by atoms with Crippen LogP contribution in [0, 0.1) is 5.92 Å². The van der Waals surface area contributed by atoms with Gasteiger partial charge in [0.15, 0.2) is 18.1 Å².